The van der Waals surface area contributed by atoms with E-state index in [2.05, 4.69) is 9.97 Å². The lowest BCUT2D eigenvalue weighted by molar-refractivity contribution is 0.0692. The first kappa shape index (κ1) is 13.6. The number of carbonyl (C=O) groups is 1. The molecule has 3 rings (SSSR count). The summed E-state index contributed by atoms with van der Waals surface area (Å²) >= 11 is 1.28. The van der Waals surface area contributed by atoms with Crippen LogP contribution in [0, 0.1) is 6.92 Å². The quantitative estimate of drug-likeness (QED) is 0.796. The minimum absolute atomic E-state index is 0.192. The van der Waals surface area contributed by atoms with Crippen LogP contribution in [0.15, 0.2) is 58.7 Å². The standard InChI is InChI=1S/C16H12N2O2S/c1-10-9-11-5-2-3-7-13(11)18-14(10)21-15-12(16(19)20)6-4-8-17-15/h2-9H,1H3,(H,19,20). The first-order valence-electron chi connectivity index (χ1n) is 6.38. The van der Waals surface area contributed by atoms with Crippen molar-refractivity contribution in [3.63, 3.8) is 0 Å². The van der Waals surface area contributed by atoms with Crippen LogP contribution >= 0.6 is 11.8 Å². The Labute approximate surface area is 125 Å². The zero-order chi connectivity index (χ0) is 14.8. The minimum Gasteiger partial charge on any atom is -0.478 e. The van der Waals surface area contributed by atoms with Crippen LogP contribution in [0.5, 0.6) is 0 Å². The molecule has 1 aromatic carbocycles. The van der Waals surface area contributed by atoms with Gasteiger partial charge in [0.15, 0.2) is 0 Å². The van der Waals surface area contributed by atoms with E-state index in [1.165, 1.54) is 11.8 Å². The molecule has 0 atom stereocenters. The van der Waals surface area contributed by atoms with Crippen LogP contribution in [0.2, 0.25) is 0 Å². The van der Waals surface area contributed by atoms with Crippen molar-refractivity contribution < 1.29 is 9.90 Å². The molecule has 21 heavy (non-hydrogen) atoms. The molecule has 0 fully saturated rings. The smallest absolute Gasteiger partial charge is 0.338 e. The van der Waals surface area contributed by atoms with Crippen LogP contribution in [0.4, 0.5) is 0 Å². The van der Waals surface area contributed by atoms with Crippen LogP contribution in [-0.4, -0.2) is 21.0 Å². The molecule has 0 aliphatic carbocycles. The summed E-state index contributed by atoms with van der Waals surface area (Å²) in [4.78, 5) is 20.0. The van der Waals surface area contributed by atoms with Crippen LogP contribution < -0.4 is 0 Å². The number of fused-ring (bicyclic) bond motifs is 1. The summed E-state index contributed by atoms with van der Waals surface area (Å²) in [5.74, 6) is -0.982. The van der Waals surface area contributed by atoms with Crippen molar-refractivity contribution in [2.24, 2.45) is 0 Å². The van der Waals surface area contributed by atoms with Gasteiger partial charge in [-0.15, -0.1) is 0 Å². The molecule has 0 aliphatic rings. The number of para-hydroxylation sites is 1. The van der Waals surface area contributed by atoms with E-state index >= 15 is 0 Å². The van der Waals surface area contributed by atoms with Gasteiger partial charge in [0.2, 0.25) is 0 Å². The van der Waals surface area contributed by atoms with Crippen molar-refractivity contribution in [1.82, 2.24) is 9.97 Å². The lowest BCUT2D eigenvalue weighted by atomic mass is 10.2. The molecule has 0 radical (unpaired) electrons. The maximum atomic E-state index is 11.2. The van der Waals surface area contributed by atoms with Gasteiger partial charge in [0.1, 0.15) is 10.1 Å². The molecule has 4 nitrogen and oxygen atoms in total. The van der Waals surface area contributed by atoms with Crippen molar-refractivity contribution in [3.05, 3.63) is 59.8 Å². The molecule has 5 heteroatoms. The second kappa shape index (κ2) is 5.54. The highest BCUT2D eigenvalue weighted by Crippen LogP contribution is 2.31. The molecule has 104 valence electrons. The van der Waals surface area contributed by atoms with Crippen molar-refractivity contribution in [3.8, 4) is 0 Å². The van der Waals surface area contributed by atoms with Gasteiger partial charge in [-0.1, -0.05) is 18.2 Å². The van der Waals surface area contributed by atoms with E-state index < -0.39 is 5.97 Å². The number of aromatic nitrogens is 2. The third-order valence-electron chi connectivity index (χ3n) is 3.06. The van der Waals surface area contributed by atoms with Gasteiger partial charge in [-0.3, -0.25) is 0 Å². The summed E-state index contributed by atoms with van der Waals surface area (Å²) in [6, 6.07) is 13.1. The molecular weight excluding hydrogens is 284 g/mol. The van der Waals surface area contributed by atoms with E-state index in [0.29, 0.717) is 5.03 Å². The maximum absolute atomic E-state index is 11.2. The van der Waals surface area contributed by atoms with Crippen LogP contribution in [0.3, 0.4) is 0 Å². The number of hydrogen-bond acceptors (Lipinski definition) is 4. The molecule has 0 saturated heterocycles. The van der Waals surface area contributed by atoms with Crippen molar-refractivity contribution in [1.29, 1.82) is 0 Å². The normalized spacial score (nSPS) is 10.7. The number of hydrogen-bond donors (Lipinski definition) is 1. The highest BCUT2D eigenvalue weighted by Gasteiger charge is 2.14. The average Bonchev–Trinajstić information content (AvgIpc) is 2.48. The average molecular weight is 296 g/mol. The lowest BCUT2D eigenvalue weighted by Gasteiger charge is -2.08. The van der Waals surface area contributed by atoms with Gasteiger partial charge < -0.3 is 5.11 Å². The van der Waals surface area contributed by atoms with E-state index in [1.807, 2.05) is 37.3 Å². The largest absolute Gasteiger partial charge is 0.478 e. The Hall–Kier alpha value is -2.40. The van der Waals surface area contributed by atoms with Crippen molar-refractivity contribution in [2.75, 3.05) is 0 Å². The molecular formula is C16H12N2O2S. The number of carboxylic acids is 1. The molecule has 2 aromatic heterocycles. The molecule has 0 saturated carbocycles. The van der Waals surface area contributed by atoms with E-state index in [4.69, 9.17) is 0 Å². The van der Waals surface area contributed by atoms with Crippen molar-refractivity contribution in [2.45, 2.75) is 17.0 Å². The fraction of sp³-hybridized carbons (Fsp3) is 0.0625. The molecule has 2 heterocycles. The van der Waals surface area contributed by atoms with E-state index in [-0.39, 0.29) is 5.56 Å². The number of carboxylic acid groups (broad SMARTS) is 1. The van der Waals surface area contributed by atoms with Gasteiger partial charge >= 0.3 is 5.97 Å². The second-order valence-corrected chi connectivity index (χ2v) is 5.54. The Morgan fingerprint density at radius 2 is 1.95 bits per heavy atom. The molecule has 0 amide bonds. The van der Waals surface area contributed by atoms with Gasteiger partial charge in [0.05, 0.1) is 11.1 Å². The fourth-order valence-corrected chi connectivity index (χ4v) is 2.96. The van der Waals surface area contributed by atoms with Gasteiger partial charge in [-0.05, 0) is 48.5 Å². The molecule has 1 N–H and O–H groups in total. The SMILES string of the molecule is Cc1cc2ccccc2nc1Sc1ncccc1C(=O)O. The Balaban J connectivity index is 2.06. The predicted molar refractivity (Wildman–Crippen MR) is 81.8 cm³/mol. The predicted octanol–water partition coefficient (Wildman–Crippen LogP) is 3.79. The topological polar surface area (TPSA) is 63.1 Å². The molecule has 0 aliphatic heterocycles. The first-order chi connectivity index (χ1) is 10.1. The minimum atomic E-state index is -0.982. The number of benzene rings is 1. The summed E-state index contributed by atoms with van der Waals surface area (Å²) < 4.78 is 0. The number of aryl methyl sites for hydroxylation is 1. The zero-order valence-corrected chi connectivity index (χ0v) is 12.1. The molecule has 0 spiro atoms. The first-order valence-corrected chi connectivity index (χ1v) is 7.19. The van der Waals surface area contributed by atoms with Crippen LogP contribution in [0.1, 0.15) is 15.9 Å². The number of aromatic carboxylic acids is 1. The Morgan fingerprint density at radius 3 is 2.76 bits per heavy atom. The highest BCUT2D eigenvalue weighted by molar-refractivity contribution is 7.99. The summed E-state index contributed by atoms with van der Waals surface area (Å²) in [5, 5.41) is 11.5. The van der Waals surface area contributed by atoms with Crippen molar-refractivity contribution >= 4 is 28.6 Å². The number of nitrogens with zero attached hydrogens (tertiary/aromatic N) is 2. The fourth-order valence-electron chi connectivity index (χ4n) is 2.03. The molecule has 0 unspecified atom stereocenters. The van der Waals surface area contributed by atoms with Gasteiger partial charge in [-0.2, -0.15) is 0 Å². The Morgan fingerprint density at radius 1 is 1.14 bits per heavy atom. The maximum Gasteiger partial charge on any atom is 0.338 e. The Kier molecular flexibility index (Phi) is 3.58. The Bertz CT molecular complexity index is 833. The monoisotopic (exact) mass is 296 g/mol. The van der Waals surface area contributed by atoms with E-state index in [9.17, 15) is 9.90 Å². The van der Waals surface area contributed by atoms with E-state index in [1.54, 1.807) is 18.3 Å². The summed E-state index contributed by atoms with van der Waals surface area (Å²) in [6.45, 7) is 1.96. The third kappa shape index (κ3) is 2.73. The third-order valence-corrected chi connectivity index (χ3v) is 4.19. The summed E-state index contributed by atoms with van der Waals surface area (Å²) in [6.07, 6.45) is 1.59. The van der Waals surface area contributed by atoms with Crippen LogP contribution in [-0.2, 0) is 0 Å². The number of pyridine rings is 2. The van der Waals surface area contributed by atoms with Gasteiger partial charge in [-0.25, -0.2) is 14.8 Å². The van der Waals surface area contributed by atoms with Crippen LogP contribution in [0.25, 0.3) is 10.9 Å². The lowest BCUT2D eigenvalue weighted by Crippen LogP contribution is -2.00. The van der Waals surface area contributed by atoms with Gasteiger partial charge in [0, 0.05) is 11.6 Å². The molecule has 0 bridgehead atoms. The highest BCUT2D eigenvalue weighted by atomic mass is 32.2. The van der Waals surface area contributed by atoms with Gasteiger partial charge in [0.25, 0.3) is 0 Å². The zero-order valence-electron chi connectivity index (χ0n) is 11.3. The number of rotatable bonds is 3. The van der Waals surface area contributed by atoms with E-state index in [0.717, 1.165) is 21.5 Å². The second-order valence-electron chi connectivity index (χ2n) is 4.57. The summed E-state index contributed by atoms with van der Waals surface area (Å²) in [5.41, 5.74) is 2.08. The summed E-state index contributed by atoms with van der Waals surface area (Å²) in [7, 11) is 0. The molecule has 3 aromatic rings.